The maximum atomic E-state index is 5.63. The third kappa shape index (κ3) is 4.66. The Hall–Kier alpha value is -0.0400. The van der Waals surface area contributed by atoms with Crippen LogP contribution in [0.25, 0.3) is 0 Å². The van der Waals surface area contributed by atoms with Gasteiger partial charge in [0.05, 0.1) is 0 Å². The van der Waals surface area contributed by atoms with Gasteiger partial charge in [-0.05, 0) is 24.2 Å². The summed E-state index contributed by atoms with van der Waals surface area (Å²) in [4.78, 5) is 0. The molecule has 0 spiro atoms. The Kier molecular flexibility index (Phi) is 4.79. The van der Waals surface area contributed by atoms with Gasteiger partial charge in [-0.1, -0.05) is 40.0 Å². The molecule has 0 unspecified atom stereocenters. The molecule has 0 aromatic heterocycles. The highest BCUT2D eigenvalue weighted by Crippen LogP contribution is 2.42. The highest BCUT2D eigenvalue weighted by molar-refractivity contribution is 4.85. The maximum Gasteiger partial charge on any atom is 0.0497 e. The highest BCUT2D eigenvalue weighted by atomic mass is 16.5. The first-order chi connectivity index (χ1) is 6.24. The predicted octanol–water partition coefficient (Wildman–Crippen LogP) is 3.49. The molecule has 0 aromatic rings. The number of ether oxygens (including phenoxy) is 1. The van der Waals surface area contributed by atoms with Crippen LogP contribution in [0.1, 0.15) is 46.5 Å². The molecule has 78 valence electrons. The van der Waals surface area contributed by atoms with E-state index in [1.165, 1.54) is 25.7 Å². The molecule has 1 heteroatoms. The summed E-state index contributed by atoms with van der Waals surface area (Å²) in [6.07, 6.45) is 5.62. The lowest BCUT2D eigenvalue weighted by atomic mass is 10.1. The van der Waals surface area contributed by atoms with Crippen LogP contribution in [0.4, 0.5) is 0 Å². The summed E-state index contributed by atoms with van der Waals surface area (Å²) in [6, 6.07) is 0. The van der Waals surface area contributed by atoms with E-state index in [-0.39, 0.29) is 0 Å². The molecule has 1 rings (SSSR count). The van der Waals surface area contributed by atoms with Crippen molar-refractivity contribution in [2.24, 2.45) is 17.8 Å². The van der Waals surface area contributed by atoms with Crippen LogP contribution in [0.2, 0.25) is 0 Å². The van der Waals surface area contributed by atoms with Crippen molar-refractivity contribution in [2.75, 3.05) is 13.2 Å². The summed E-state index contributed by atoms with van der Waals surface area (Å²) >= 11 is 0. The molecule has 2 atom stereocenters. The molecule has 1 aliphatic carbocycles. The molecule has 1 aliphatic rings. The number of hydrogen-bond donors (Lipinski definition) is 0. The van der Waals surface area contributed by atoms with Gasteiger partial charge in [0.25, 0.3) is 0 Å². The van der Waals surface area contributed by atoms with E-state index >= 15 is 0 Å². The van der Waals surface area contributed by atoms with E-state index in [2.05, 4.69) is 20.8 Å². The fraction of sp³-hybridized carbons (Fsp3) is 1.00. The van der Waals surface area contributed by atoms with Gasteiger partial charge in [0, 0.05) is 13.2 Å². The number of hydrogen-bond acceptors (Lipinski definition) is 1. The highest BCUT2D eigenvalue weighted by Gasteiger charge is 2.35. The first-order valence-electron chi connectivity index (χ1n) is 5.81. The fourth-order valence-corrected chi connectivity index (χ4v) is 1.79. The molecule has 0 saturated heterocycles. The van der Waals surface area contributed by atoms with Gasteiger partial charge in [-0.15, -0.1) is 0 Å². The number of rotatable bonds is 7. The smallest absolute Gasteiger partial charge is 0.0497 e. The van der Waals surface area contributed by atoms with Crippen molar-refractivity contribution in [1.82, 2.24) is 0 Å². The zero-order valence-corrected chi connectivity index (χ0v) is 9.38. The third-order valence-corrected chi connectivity index (χ3v) is 2.78. The van der Waals surface area contributed by atoms with Gasteiger partial charge in [0.1, 0.15) is 0 Å². The fourth-order valence-electron chi connectivity index (χ4n) is 1.79. The van der Waals surface area contributed by atoms with Gasteiger partial charge in [0.2, 0.25) is 0 Å². The van der Waals surface area contributed by atoms with Crippen molar-refractivity contribution in [2.45, 2.75) is 46.5 Å². The monoisotopic (exact) mass is 184 g/mol. The second kappa shape index (κ2) is 5.64. The van der Waals surface area contributed by atoms with E-state index in [0.29, 0.717) is 5.92 Å². The first-order valence-corrected chi connectivity index (χ1v) is 5.81. The van der Waals surface area contributed by atoms with Crippen LogP contribution in [-0.4, -0.2) is 13.2 Å². The Morgan fingerprint density at radius 1 is 1.31 bits per heavy atom. The summed E-state index contributed by atoms with van der Waals surface area (Å²) < 4.78 is 5.63. The molecule has 0 bridgehead atoms. The van der Waals surface area contributed by atoms with Crippen LogP contribution in [-0.2, 0) is 4.74 Å². The second-order valence-electron chi connectivity index (χ2n) is 4.83. The Morgan fingerprint density at radius 2 is 2.08 bits per heavy atom. The van der Waals surface area contributed by atoms with Crippen molar-refractivity contribution in [1.29, 1.82) is 0 Å². The number of unbranched alkanes of at least 4 members (excludes halogenated alkanes) is 1. The average molecular weight is 184 g/mol. The van der Waals surface area contributed by atoms with Crippen molar-refractivity contribution < 1.29 is 4.74 Å². The topological polar surface area (TPSA) is 9.23 Å². The van der Waals surface area contributed by atoms with Crippen molar-refractivity contribution in [3.8, 4) is 0 Å². The zero-order chi connectivity index (χ0) is 9.68. The minimum atomic E-state index is 0.688. The van der Waals surface area contributed by atoms with E-state index < -0.39 is 0 Å². The van der Waals surface area contributed by atoms with Gasteiger partial charge < -0.3 is 4.74 Å². The van der Waals surface area contributed by atoms with Crippen LogP contribution in [0.5, 0.6) is 0 Å². The molecule has 0 N–H and O–H groups in total. The normalized spacial score (nSPS) is 26.8. The molecule has 0 heterocycles. The summed E-state index contributed by atoms with van der Waals surface area (Å²) in [7, 11) is 0. The van der Waals surface area contributed by atoms with Gasteiger partial charge in [-0.25, -0.2) is 0 Å². The van der Waals surface area contributed by atoms with Gasteiger partial charge in [-0.3, -0.25) is 0 Å². The summed E-state index contributed by atoms with van der Waals surface area (Å²) in [5.41, 5.74) is 0. The maximum absolute atomic E-state index is 5.63. The molecule has 0 aliphatic heterocycles. The molecule has 1 fully saturated rings. The molecular weight excluding hydrogens is 160 g/mol. The van der Waals surface area contributed by atoms with Crippen LogP contribution < -0.4 is 0 Å². The minimum Gasteiger partial charge on any atom is -0.381 e. The second-order valence-corrected chi connectivity index (χ2v) is 4.83. The van der Waals surface area contributed by atoms with E-state index in [0.717, 1.165) is 25.0 Å². The summed E-state index contributed by atoms with van der Waals surface area (Å²) in [5, 5.41) is 0. The lowest BCUT2D eigenvalue weighted by Crippen LogP contribution is -2.05. The van der Waals surface area contributed by atoms with Crippen LogP contribution in [0.15, 0.2) is 0 Å². The minimum absolute atomic E-state index is 0.688. The van der Waals surface area contributed by atoms with Crippen LogP contribution in [0.3, 0.4) is 0 Å². The average Bonchev–Trinajstić information content (AvgIpc) is 2.80. The quantitative estimate of drug-likeness (QED) is 0.588. The van der Waals surface area contributed by atoms with E-state index in [1.807, 2.05) is 0 Å². The van der Waals surface area contributed by atoms with Crippen molar-refractivity contribution in [3.63, 3.8) is 0 Å². The molecule has 0 radical (unpaired) electrons. The first kappa shape index (κ1) is 11.0. The lowest BCUT2D eigenvalue weighted by molar-refractivity contribution is 0.0978. The van der Waals surface area contributed by atoms with E-state index in [9.17, 15) is 0 Å². The standard InChI is InChI=1S/C12H24O/c1-4-5-6-11-7-12(11)9-13-8-10(2)3/h10-12H,4-9H2,1-3H3/t11-,12+/m1/s1. The Labute approximate surface area is 82.9 Å². The molecular formula is C12H24O. The lowest BCUT2D eigenvalue weighted by Gasteiger charge is -2.05. The summed E-state index contributed by atoms with van der Waals surface area (Å²) in [6.45, 7) is 8.65. The van der Waals surface area contributed by atoms with Gasteiger partial charge >= 0.3 is 0 Å². The molecule has 1 nitrogen and oxygen atoms in total. The van der Waals surface area contributed by atoms with E-state index in [1.54, 1.807) is 0 Å². The SMILES string of the molecule is CCCC[C@@H]1C[C@H]1COCC(C)C. The largest absolute Gasteiger partial charge is 0.381 e. The van der Waals surface area contributed by atoms with Crippen LogP contribution in [0, 0.1) is 17.8 Å². The van der Waals surface area contributed by atoms with Gasteiger partial charge in [0.15, 0.2) is 0 Å². The Balaban J connectivity index is 1.89. The van der Waals surface area contributed by atoms with E-state index in [4.69, 9.17) is 4.74 Å². The predicted molar refractivity (Wildman–Crippen MR) is 56.8 cm³/mol. The Bertz CT molecular complexity index is 131. The molecule has 13 heavy (non-hydrogen) atoms. The molecule has 0 aromatic carbocycles. The van der Waals surface area contributed by atoms with Gasteiger partial charge in [-0.2, -0.15) is 0 Å². The molecule has 0 amide bonds. The van der Waals surface area contributed by atoms with Crippen LogP contribution >= 0.6 is 0 Å². The summed E-state index contributed by atoms with van der Waals surface area (Å²) in [5.74, 6) is 2.60. The zero-order valence-electron chi connectivity index (χ0n) is 9.38. The van der Waals surface area contributed by atoms with Crippen molar-refractivity contribution >= 4 is 0 Å². The molecule has 1 saturated carbocycles. The van der Waals surface area contributed by atoms with Crippen molar-refractivity contribution in [3.05, 3.63) is 0 Å². The Morgan fingerprint density at radius 3 is 2.69 bits per heavy atom. The third-order valence-electron chi connectivity index (χ3n) is 2.78.